The largest absolute Gasteiger partial charge is 0.345 e. The van der Waals surface area contributed by atoms with Crippen LogP contribution in [0.25, 0.3) is 5.69 Å². The van der Waals surface area contributed by atoms with Gasteiger partial charge >= 0.3 is 0 Å². The molecule has 1 aromatic carbocycles. The molecule has 0 aliphatic carbocycles. The number of benzene rings is 1. The van der Waals surface area contributed by atoms with Crippen molar-refractivity contribution in [2.24, 2.45) is 0 Å². The molecule has 0 saturated heterocycles. The number of hydrogen-bond donors (Lipinski definition) is 1. The van der Waals surface area contributed by atoms with Crippen molar-refractivity contribution >= 4 is 5.91 Å². The molecule has 22 heavy (non-hydrogen) atoms. The Labute approximate surface area is 129 Å². The molecular weight excluding hydrogens is 274 g/mol. The van der Waals surface area contributed by atoms with Gasteiger partial charge in [-0.1, -0.05) is 12.1 Å². The standard InChI is InChI=1S/C18H17N3O/c1-14(20-18(22)16-5-4-10-19-13-16)15-6-8-17(9-7-15)21-11-2-3-12-21/h2-14H,1H3,(H,20,22). The first-order chi connectivity index (χ1) is 10.7. The van der Waals surface area contributed by atoms with E-state index in [-0.39, 0.29) is 11.9 Å². The molecule has 110 valence electrons. The number of nitrogens with one attached hydrogen (secondary N) is 1. The lowest BCUT2D eigenvalue weighted by molar-refractivity contribution is 0.0939. The first kappa shape index (κ1) is 14.1. The third-order valence-electron chi connectivity index (χ3n) is 3.57. The van der Waals surface area contributed by atoms with E-state index >= 15 is 0 Å². The third-order valence-corrected chi connectivity index (χ3v) is 3.57. The number of pyridine rings is 1. The smallest absolute Gasteiger partial charge is 0.253 e. The number of rotatable bonds is 4. The molecule has 0 aliphatic rings. The van der Waals surface area contributed by atoms with Crippen molar-refractivity contribution in [2.75, 3.05) is 0 Å². The molecule has 1 atom stereocenters. The van der Waals surface area contributed by atoms with Gasteiger partial charge in [0.1, 0.15) is 0 Å². The topological polar surface area (TPSA) is 46.9 Å². The van der Waals surface area contributed by atoms with Gasteiger partial charge in [-0.3, -0.25) is 9.78 Å². The minimum atomic E-state index is -0.116. The van der Waals surface area contributed by atoms with Gasteiger partial charge in [0.05, 0.1) is 11.6 Å². The van der Waals surface area contributed by atoms with E-state index in [0.717, 1.165) is 11.3 Å². The van der Waals surface area contributed by atoms with Crippen LogP contribution in [0.5, 0.6) is 0 Å². The fourth-order valence-corrected chi connectivity index (χ4v) is 2.30. The molecule has 2 heterocycles. The van der Waals surface area contributed by atoms with E-state index < -0.39 is 0 Å². The molecule has 0 aliphatic heterocycles. The fraction of sp³-hybridized carbons (Fsp3) is 0.111. The Balaban J connectivity index is 1.70. The van der Waals surface area contributed by atoms with Crippen LogP contribution in [0, 0.1) is 0 Å². The van der Waals surface area contributed by atoms with Gasteiger partial charge in [0, 0.05) is 30.5 Å². The minimum Gasteiger partial charge on any atom is -0.345 e. The van der Waals surface area contributed by atoms with E-state index in [9.17, 15) is 4.79 Å². The molecule has 1 amide bonds. The normalized spacial score (nSPS) is 11.9. The maximum Gasteiger partial charge on any atom is 0.253 e. The summed E-state index contributed by atoms with van der Waals surface area (Å²) in [6.07, 6.45) is 7.22. The second kappa shape index (κ2) is 6.26. The number of amides is 1. The summed E-state index contributed by atoms with van der Waals surface area (Å²) in [6, 6.07) is 15.6. The van der Waals surface area contributed by atoms with Gasteiger partial charge in [-0.05, 0) is 48.9 Å². The van der Waals surface area contributed by atoms with Crippen LogP contribution in [-0.2, 0) is 0 Å². The average Bonchev–Trinajstić information content (AvgIpc) is 3.10. The number of nitrogens with zero attached hydrogens (tertiary/aromatic N) is 2. The van der Waals surface area contributed by atoms with Crippen LogP contribution in [0.4, 0.5) is 0 Å². The quantitative estimate of drug-likeness (QED) is 0.801. The first-order valence-corrected chi connectivity index (χ1v) is 7.18. The summed E-state index contributed by atoms with van der Waals surface area (Å²) in [5, 5.41) is 2.98. The summed E-state index contributed by atoms with van der Waals surface area (Å²) in [7, 11) is 0. The number of aromatic nitrogens is 2. The highest BCUT2D eigenvalue weighted by molar-refractivity contribution is 5.94. The predicted molar refractivity (Wildman–Crippen MR) is 85.9 cm³/mol. The zero-order chi connectivity index (χ0) is 15.4. The van der Waals surface area contributed by atoms with Gasteiger partial charge < -0.3 is 9.88 Å². The molecule has 0 fully saturated rings. The van der Waals surface area contributed by atoms with E-state index in [1.807, 2.05) is 60.3 Å². The summed E-state index contributed by atoms with van der Waals surface area (Å²) in [6.45, 7) is 1.97. The van der Waals surface area contributed by atoms with Crippen molar-refractivity contribution < 1.29 is 4.79 Å². The molecule has 3 rings (SSSR count). The van der Waals surface area contributed by atoms with E-state index in [0.29, 0.717) is 5.56 Å². The van der Waals surface area contributed by atoms with Crippen molar-refractivity contribution in [3.05, 3.63) is 84.4 Å². The minimum absolute atomic E-state index is 0.0635. The molecule has 0 bridgehead atoms. The average molecular weight is 291 g/mol. The van der Waals surface area contributed by atoms with Gasteiger partial charge in [-0.2, -0.15) is 0 Å². The van der Waals surface area contributed by atoms with Crippen LogP contribution in [-0.4, -0.2) is 15.5 Å². The summed E-state index contributed by atoms with van der Waals surface area (Å²) in [5.74, 6) is -0.116. The highest BCUT2D eigenvalue weighted by atomic mass is 16.1. The molecule has 3 aromatic rings. The van der Waals surface area contributed by atoms with Crippen LogP contribution in [0.1, 0.15) is 28.9 Å². The molecular formula is C18H17N3O. The molecule has 0 radical (unpaired) electrons. The summed E-state index contributed by atoms with van der Waals surface area (Å²) < 4.78 is 2.04. The van der Waals surface area contributed by atoms with E-state index in [1.54, 1.807) is 24.5 Å². The number of carbonyl (C=O) groups excluding carboxylic acids is 1. The van der Waals surface area contributed by atoms with Crippen LogP contribution >= 0.6 is 0 Å². The maximum absolute atomic E-state index is 12.1. The second-order valence-corrected chi connectivity index (χ2v) is 5.12. The Bertz CT molecular complexity index is 734. The highest BCUT2D eigenvalue weighted by Crippen LogP contribution is 2.16. The van der Waals surface area contributed by atoms with E-state index in [2.05, 4.69) is 10.3 Å². The first-order valence-electron chi connectivity index (χ1n) is 7.18. The lowest BCUT2D eigenvalue weighted by Crippen LogP contribution is -2.26. The molecule has 4 nitrogen and oxygen atoms in total. The summed E-state index contributed by atoms with van der Waals surface area (Å²) >= 11 is 0. The summed E-state index contributed by atoms with van der Waals surface area (Å²) in [5.41, 5.74) is 2.73. The van der Waals surface area contributed by atoms with Crippen LogP contribution in [0.2, 0.25) is 0 Å². The zero-order valence-corrected chi connectivity index (χ0v) is 12.3. The van der Waals surface area contributed by atoms with Crippen LogP contribution in [0.3, 0.4) is 0 Å². The molecule has 0 saturated carbocycles. The van der Waals surface area contributed by atoms with Gasteiger partial charge in [-0.25, -0.2) is 0 Å². The SMILES string of the molecule is CC(NC(=O)c1cccnc1)c1ccc(-n2cccc2)cc1. The van der Waals surface area contributed by atoms with Crippen LogP contribution < -0.4 is 5.32 Å². The Kier molecular flexibility index (Phi) is 4.01. The van der Waals surface area contributed by atoms with Gasteiger partial charge in [-0.15, -0.1) is 0 Å². The fourth-order valence-electron chi connectivity index (χ4n) is 2.30. The van der Waals surface area contributed by atoms with Gasteiger partial charge in [0.2, 0.25) is 0 Å². The lowest BCUT2D eigenvalue weighted by atomic mass is 10.1. The molecule has 1 N–H and O–H groups in total. The predicted octanol–water partition coefficient (Wildman–Crippen LogP) is 3.36. The Morgan fingerprint density at radius 2 is 1.82 bits per heavy atom. The Morgan fingerprint density at radius 1 is 1.09 bits per heavy atom. The molecule has 0 spiro atoms. The van der Waals surface area contributed by atoms with E-state index in [4.69, 9.17) is 0 Å². The van der Waals surface area contributed by atoms with Crippen molar-refractivity contribution in [1.29, 1.82) is 0 Å². The molecule has 2 aromatic heterocycles. The zero-order valence-electron chi connectivity index (χ0n) is 12.3. The Morgan fingerprint density at radius 3 is 2.45 bits per heavy atom. The van der Waals surface area contributed by atoms with Crippen molar-refractivity contribution in [3.63, 3.8) is 0 Å². The molecule has 1 unspecified atom stereocenters. The van der Waals surface area contributed by atoms with Gasteiger partial charge in [0.25, 0.3) is 5.91 Å². The highest BCUT2D eigenvalue weighted by Gasteiger charge is 2.11. The van der Waals surface area contributed by atoms with Crippen molar-refractivity contribution in [2.45, 2.75) is 13.0 Å². The monoisotopic (exact) mass is 291 g/mol. The van der Waals surface area contributed by atoms with Crippen LogP contribution in [0.15, 0.2) is 73.3 Å². The van der Waals surface area contributed by atoms with Crippen molar-refractivity contribution in [3.8, 4) is 5.69 Å². The number of carbonyl (C=O) groups is 1. The lowest BCUT2D eigenvalue weighted by Gasteiger charge is -2.15. The number of hydrogen-bond acceptors (Lipinski definition) is 2. The van der Waals surface area contributed by atoms with Gasteiger partial charge in [0.15, 0.2) is 0 Å². The van der Waals surface area contributed by atoms with E-state index in [1.165, 1.54) is 0 Å². The third kappa shape index (κ3) is 3.06. The summed E-state index contributed by atoms with van der Waals surface area (Å²) in [4.78, 5) is 16.1. The second-order valence-electron chi connectivity index (χ2n) is 5.12. The molecule has 4 heteroatoms. The maximum atomic E-state index is 12.1. The van der Waals surface area contributed by atoms with Crippen molar-refractivity contribution in [1.82, 2.24) is 14.9 Å². The Hall–Kier alpha value is -2.88.